The third-order valence-electron chi connectivity index (χ3n) is 2.96. The van der Waals surface area contributed by atoms with E-state index in [4.69, 9.17) is 4.42 Å². The molecular weight excluding hydrogens is 242 g/mol. The van der Waals surface area contributed by atoms with Crippen LogP contribution in [0.25, 0.3) is 22.2 Å². The smallest absolute Gasteiger partial charge is 0.336 e. The van der Waals surface area contributed by atoms with Crippen molar-refractivity contribution in [3.05, 3.63) is 53.9 Å². The molecule has 4 nitrogen and oxygen atoms in total. The molecule has 0 saturated carbocycles. The number of fused-ring (bicyclic) bond motifs is 1. The minimum Gasteiger partial charge on any atom is -0.478 e. The van der Waals surface area contributed by atoms with Gasteiger partial charge in [-0.3, -0.25) is 0 Å². The molecule has 0 saturated heterocycles. The summed E-state index contributed by atoms with van der Waals surface area (Å²) >= 11 is 0. The molecule has 0 amide bonds. The van der Waals surface area contributed by atoms with Crippen LogP contribution in [0.15, 0.2) is 46.9 Å². The summed E-state index contributed by atoms with van der Waals surface area (Å²) in [6.45, 7) is 1.78. The number of aromatic nitrogens is 1. The number of nitrogens with zero attached hydrogens (tertiary/aromatic N) is 1. The first-order chi connectivity index (χ1) is 9.15. The second-order valence-electron chi connectivity index (χ2n) is 4.27. The van der Waals surface area contributed by atoms with Gasteiger partial charge in [-0.2, -0.15) is 0 Å². The number of carboxylic acids is 1. The van der Waals surface area contributed by atoms with Gasteiger partial charge in [0, 0.05) is 6.92 Å². The minimum atomic E-state index is -0.940. The number of aromatic carboxylic acids is 1. The Hall–Kier alpha value is -2.62. The zero-order chi connectivity index (χ0) is 13.4. The molecule has 4 heteroatoms. The number of oxazole rings is 1. The second-order valence-corrected chi connectivity index (χ2v) is 4.27. The van der Waals surface area contributed by atoms with Crippen molar-refractivity contribution in [1.82, 2.24) is 4.98 Å². The largest absolute Gasteiger partial charge is 0.478 e. The van der Waals surface area contributed by atoms with Crippen molar-refractivity contribution in [2.24, 2.45) is 0 Å². The van der Waals surface area contributed by atoms with Crippen molar-refractivity contribution < 1.29 is 14.3 Å². The van der Waals surface area contributed by atoms with E-state index in [2.05, 4.69) is 4.98 Å². The van der Waals surface area contributed by atoms with Gasteiger partial charge in [-0.15, -0.1) is 0 Å². The number of hydrogen-bond acceptors (Lipinski definition) is 3. The number of aryl methyl sites for hydroxylation is 1. The normalized spacial score (nSPS) is 10.8. The lowest BCUT2D eigenvalue weighted by Crippen LogP contribution is -1.98. The van der Waals surface area contributed by atoms with Crippen LogP contribution in [0.4, 0.5) is 0 Å². The van der Waals surface area contributed by atoms with Gasteiger partial charge < -0.3 is 9.52 Å². The van der Waals surface area contributed by atoms with E-state index < -0.39 is 5.97 Å². The third kappa shape index (κ3) is 1.97. The Kier molecular flexibility index (Phi) is 2.56. The van der Waals surface area contributed by atoms with Crippen LogP contribution in [0, 0.1) is 6.92 Å². The molecule has 1 aromatic heterocycles. The van der Waals surface area contributed by atoms with E-state index in [0.717, 1.165) is 11.1 Å². The molecular formula is C15H11NO3. The van der Waals surface area contributed by atoms with Gasteiger partial charge in [0.25, 0.3) is 0 Å². The van der Waals surface area contributed by atoms with Crippen molar-refractivity contribution in [3.63, 3.8) is 0 Å². The van der Waals surface area contributed by atoms with Crippen LogP contribution >= 0.6 is 0 Å². The summed E-state index contributed by atoms with van der Waals surface area (Å²) in [5.74, 6) is -0.344. The first-order valence-corrected chi connectivity index (χ1v) is 5.85. The highest BCUT2D eigenvalue weighted by Gasteiger charge is 2.12. The zero-order valence-corrected chi connectivity index (χ0v) is 10.3. The van der Waals surface area contributed by atoms with Crippen molar-refractivity contribution in [1.29, 1.82) is 0 Å². The quantitative estimate of drug-likeness (QED) is 0.759. The van der Waals surface area contributed by atoms with Crippen molar-refractivity contribution in [2.45, 2.75) is 6.92 Å². The molecule has 3 aromatic rings. The molecule has 0 aliphatic carbocycles. The Morgan fingerprint density at radius 3 is 2.79 bits per heavy atom. The Labute approximate surface area is 109 Å². The molecule has 0 spiro atoms. The molecule has 94 valence electrons. The summed E-state index contributed by atoms with van der Waals surface area (Å²) < 4.78 is 5.47. The number of carbonyl (C=O) groups is 1. The highest BCUT2D eigenvalue weighted by molar-refractivity contribution is 5.97. The van der Waals surface area contributed by atoms with Crippen molar-refractivity contribution in [3.8, 4) is 11.1 Å². The van der Waals surface area contributed by atoms with Crippen LogP contribution in [-0.4, -0.2) is 16.1 Å². The highest BCUT2D eigenvalue weighted by atomic mass is 16.4. The van der Waals surface area contributed by atoms with Crippen LogP contribution in [0.5, 0.6) is 0 Å². The predicted molar refractivity (Wildman–Crippen MR) is 71.1 cm³/mol. The monoisotopic (exact) mass is 253 g/mol. The lowest BCUT2D eigenvalue weighted by atomic mass is 9.99. The van der Waals surface area contributed by atoms with Crippen LogP contribution in [-0.2, 0) is 0 Å². The van der Waals surface area contributed by atoms with Crippen LogP contribution in [0.1, 0.15) is 16.2 Å². The molecule has 0 bridgehead atoms. The van der Waals surface area contributed by atoms with E-state index in [9.17, 15) is 9.90 Å². The molecule has 0 fully saturated rings. The van der Waals surface area contributed by atoms with Crippen molar-refractivity contribution >= 4 is 17.1 Å². The zero-order valence-electron chi connectivity index (χ0n) is 10.3. The van der Waals surface area contributed by atoms with Gasteiger partial charge in [-0.25, -0.2) is 9.78 Å². The van der Waals surface area contributed by atoms with Gasteiger partial charge in [0.2, 0.25) is 0 Å². The van der Waals surface area contributed by atoms with E-state index in [1.807, 2.05) is 24.3 Å². The SMILES string of the molecule is Cc1nc2ccc(-c3ccccc3C(=O)O)cc2o1. The van der Waals surface area contributed by atoms with Gasteiger partial charge in [0.1, 0.15) is 5.52 Å². The minimum absolute atomic E-state index is 0.276. The van der Waals surface area contributed by atoms with E-state index in [0.29, 0.717) is 17.0 Å². The summed E-state index contributed by atoms with van der Waals surface area (Å²) in [5.41, 5.74) is 3.19. The topological polar surface area (TPSA) is 63.3 Å². The number of rotatable bonds is 2. The molecule has 1 heterocycles. The van der Waals surface area contributed by atoms with Crippen LogP contribution in [0.2, 0.25) is 0 Å². The average Bonchev–Trinajstić information content (AvgIpc) is 2.77. The summed E-state index contributed by atoms with van der Waals surface area (Å²) in [4.78, 5) is 15.4. The molecule has 3 rings (SSSR count). The molecule has 0 aliphatic heterocycles. The fourth-order valence-corrected chi connectivity index (χ4v) is 2.13. The first kappa shape index (κ1) is 11.5. The molecule has 0 unspecified atom stereocenters. The first-order valence-electron chi connectivity index (χ1n) is 5.85. The molecule has 19 heavy (non-hydrogen) atoms. The predicted octanol–water partition coefficient (Wildman–Crippen LogP) is 3.50. The maximum Gasteiger partial charge on any atom is 0.336 e. The summed E-state index contributed by atoms with van der Waals surface area (Å²) in [6, 6.07) is 12.4. The Morgan fingerprint density at radius 2 is 2.00 bits per heavy atom. The van der Waals surface area contributed by atoms with Gasteiger partial charge in [-0.1, -0.05) is 24.3 Å². The third-order valence-corrected chi connectivity index (χ3v) is 2.96. The molecule has 2 aromatic carbocycles. The van der Waals surface area contributed by atoms with E-state index in [-0.39, 0.29) is 5.56 Å². The summed E-state index contributed by atoms with van der Waals surface area (Å²) in [5, 5.41) is 9.21. The number of hydrogen-bond donors (Lipinski definition) is 1. The highest BCUT2D eigenvalue weighted by Crippen LogP contribution is 2.27. The number of benzene rings is 2. The summed E-state index contributed by atoms with van der Waals surface area (Å²) in [7, 11) is 0. The van der Waals surface area contributed by atoms with Gasteiger partial charge in [-0.05, 0) is 29.3 Å². The van der Waals surface area contributed by atoms with E-state index in [1.165, 1.54) is 0 Å². The van der Waals surface area contributed by atoms with E-state index in [1.54, 1.807) is 25.1 Å². The molecule has 0 radical (unpaired) electrons. The van der Waals surface area contributed by atoms with E-state index >= 15 is 0 Å². The Bertz CT molecular complexity index is 774. The summed E-state index contributed by atoms with van der Waals surface area (Å²) in [6.07, 6.45) is 0. The van der Waals surface area contributed by atoms with Gasteiger partial charge >= 0.3 is 5.97 Å². The maximum absolute atomic E-state index is 11.2. The lowest BCUT2D eigenvalue weighted by molar-refractivity contribution is 0.0697. The number of carboxylic acid groups (broad SMARTS) is 1. The van der Waals surface area contributed by atoms with Gasteiger partial charge in [0.05, 0.1) is 5.56 Å². The maximum atomic E-state index is 11.2. The molecule has 0 aliphatic rings. The fraction of sp³-hybridized carbons (Fsp3) is 0.0667. The lowest BCUT2D eigenvalue weighted by Gasteiger charge is -2.05. The fourth-order valence-electron chi connectivity index (χ4n) is 2.13. The Morgan fingerprint density at radius 1 is 1.21 bits per heavy atom. The molecule has 0 atom stereocenters. The van der Waals surface area contributed by atoms with Crippen LogP contribution < -0.4 is 0 Å². The Balaban J connectivity index is 2.21. The standard InChI is InChI=1S/C15H11NO3/c1-9-16-13-7-6-10(8-14(13)19-9)11-4-2-3-5-12(11)15(17)18/h2-8H,1H3,(H,17,18). The average molecular weight is 253 g/mol. The van der Waals surface area contributed by atoms with Crippen molar-refractivity contribution in [2.75, 3.05) is 0 Å². The molecule has 1 N–H and O–H groups in total. The second kappa shape index (κ2) is 4.24. The van der Waals surface area contributed by atoms with Crippen LogP contribution in [0.3, 0.4) is 0 Å². The van der Waals surface area contributed by atoms with Gasteiger partial charge in [0.15, 0.2) is 11.5 Å².